The number of rotatable bonds is 3. The second-order valence-corrected chi connectivity index (χ2v) is 4.96. The van der Waals surface area contributed by atoms with E-state index >= 15 is 0 Å². The fraction of sp³-hybridized carbons (Fsp3) is 0.200. The molecule has 1 atom stereocenters. The summed E-state index contributed by atoms with van der Waals surface area (Å²) < 4.78 is 13.8. The van der Waals surface area contributed by atoms with Crippen molar-refractivity contribution in [3.8, 4) is 0 Å². The second-order valence-electron chi connectivity index (χ2n) is 4.96. The Morgan fingerprint density at radius 1 is 1.41 bits per heavy atom. The Morgan fingerprint density at radius 3 is 2.91 bits per heavy atom. The van der Waals surface area contributed by atoms with E-state index in [0.29, 0.717) is 11.4 Å². The van der Waals surface area contributed by atoms with Crippen LogP contribution in [0.1, 0.15) is 22.8 Å². The molecule has 2 aromatic rings. The van der Waals surface area contributed by atoms with Crippen LogP contribution in [-0.2, 0) is 11.3 Å². The van der Waals surface area contributed by atoms with Gasteiger partial charge in [0.05, 0.1) is 11.8 Å². The molecule has 0 saturated heterocycles. The lowest BCUT2D eigenvalue weighted by Gasteiger charge is -2.23. The first-order valence-electron chi connectivity index (χ1n) is 6.73. The Hall–Kier alpha value is -2.83. The van der Waals surface area contributed by atoms with Gasteiger partial charge in [0.25, 0.3) is 5.91 Å². The third-order valence-corrected chi connectivity index (χ3v) is 3.58. The molecule has 1 aromatic carbocycles. The first-order valence-corrected chi connectivity index (χ1v) is 6.73. The number of anilines is 1. The molecule has 0 fully saturated rings. The SMILES string of the molecule is CC(C(=O)Nc1cnccn1)N1Cc2cccc(F)c2C1=O. The van der Waals surface area contributed by atoms with Crippen LogP contribution in [-0.4, -0.2) is 32.7 Å². The van der Waals surface area contributed by atoms with Gasteiger partial charge in [-0.1, -0.05) is 12.1 Å². The van der Waals surface area contributed by atoms with Gasteiger partial charge in [0.1, 0.15) is 11.9 Å². The van der Waals surface area contributed by atoms with E-state index < -0.39 is 23.7 Å². The van der Waals surface area contributed by atoms with Crippen molar-refractivity contribution in [2.45, 2.75) is 19.5 Å². The van der Waals surface area contributed by atoms with E-state index in [0.717, 1.165) is 0 Å². The Balaban J connectivity index is 1.77. The molecule has 2 heterocycles. The van der Waals surface area contributed by atoms with E-state index in [1.807, 2.05) is 0 Å². The largest absolute Gasteiger partial charge is 0.322 e. The van der Waals surface area contributed by atoms with Crippen LogP contribution in [0.15, 0.2) is 36.8 Å². The summed E-state index contributed by atoms with van der Waals surface area (Å²) in [7, 11) is 0. The molecule has 3 rings (SSSR count). The highest BCUT2D eigenvalue weighted by molar-refractivity contribution is 6.03. The summed E-state index contributed by atoms with van der Waals surface area (Å²) in [6.45, 7) is 1.80. The van der Waals surface area contributed by atoms with Crippen molar-refractivity contribution in [3.05, 3.63) is 53.7 Å². The van der Waals surface area contributed by atoms with Crippen molar-refractivity contribution in [2.24, 2.45) is 0 Å². The summed E-state index contributed by atoms with van der Waals surface area (Å²) in [5, 5.41) is 2.58. The van der Waals surface area contributed by atoms with Gasteiger partial charge < -0.3 is 10.2 Å². The minimum Gasteiger partial charge on any atom is -0.322 e. The van der Waals surface area contributed by atoms with Crippen LogP contribution in [0.5, 0.6) is 0 Å². The highest BCUT2D eigenvalue weighted by Crippen LogP contribution is 2.26. The highest BCUT2D eigenvalue weighted by atomic mass is 19.1. The van der Waals surface area contributed by atoms with E-state index in [1.165, 1.54) is 29.6 Å². The maximum Gasteiger partial charge on any atom is 0.258 e. The fourth-order valence-corrected chi connectivity index (χ4v) is 2.39. The molecular formula is C15H13FN4O2. The number of aromatic nitrogens is 2. The van der Waals surface area contributed by atoms with E-state index in [4.69, 9.17) is 0 Å². The molecule has 1 unspecified atom stereocenters. The Labute approximate surface area is 126 Å². The fourth-order valence-electron chi connectivity index (χ4n) is 2.39. The number of amides is 2. The van der Waals surface area contributed by atoms with Crippen LogP contribution < -0.4 is 5.32 Å². The van der Waals surface area contributed by atoms with Crippen molar-refractivity contribution in [3.63, 3.8) is 0 Å². The minimum absolute atomic E-state index is 0.0432. The molecule has 1 aliphatic heterocycles. The van der Waals surface area contributed by atoms with Crippen molar-refractivity contribution >= 4 is 17.6 Å². The number of fused-ring (bicyclic) bond motifs is 1. The molecule has 0 radical (unpaired) electrons. The third-order valence-electron chi connectivity index (χ3n) is 3.58. The average molecular weight is 300 g/mol. The lowest BCUT2D eigenvalue weighted by molar-refractivity contribution is -0.120. The zero-order valence-corrected chi connectivity index (χ0v) is 11.8. The predicted octanol–water partition coefficient (Wildman–Crippen LogP) is 1.60. The summed E-state index contributed by atoms with van der Waals surface area (Å²) in [5.74, 6) is -1.14. The molecule has 112 valence electrons. The smallest absolute Gasteiger partial charge is 0.258 e. The summed E-state index contributed by atoms with van der Waals surface area (Å²) >= 11 is 0. The first-order chi connectivity index (χ1) is 10.6. The molecule has 1 N–H and O–H groups in total. The monoisotopic (exact) mass is 300 g/mol. The Morgan fingerprint density at radius 2 is 2.23 bits per heavy atom. The highest BCUT2D eigenvalue weighted by Gasteiger charge is 2.35. The predicted molar refractivity (Wildman–Crippen MR) is 76.4 cm³/mol. The molecule has 1 aliphatic rings. The summed E-state index contributed by atoms with van der Waals surface area (Å²) in [4.78, 5) is 33.6. The first kappa shape index (κ1) is 14.1. The van der Waals surface area contributed by atoms with Gasteiger partial charge in [-0.05, 0) is 18.6 Å². The molecule has 6 nitrogen and oxygen atoms in total. The zero-order valence-electron chi connectivity index (χ0n) is 11.8. The standard InChI is InChI=1S/C15H13FN4O2/c1-9(14(21)19-12-7-17-5-6-18-12)20-8-10-3-2-4-11(16)13(10)15(20)22/h2-7,9H,8H2,1H3,(H,18,19,21). The number of nitrogens with zero attached hydrogens (tertiary/aromatic N) is 3. The topological polar surface area (TPSA) is 75.2 Å². The maximum atomic E-state index is 13.8. The van der Waals surface area contributed by atoms with Crippen LogP contribution in [0.3, 0.4) is 0 Å². The molecule has 22 heavy (non-hydrogen) atoms. The number of halogens is 1. The lowest BCUT2D eigenvalue weighted by atomic mass is 10.1. The number of hydrogen-bond donors (Lipinski definition) is 1. The molecule has 0 bridgehead atoms. The summed E-state index contributed by atoms with van der Waals surface area (Å²) in [6, 6.07) is 3.73. The second kappa shape index (κ2) is 5.51. The van der Waals surface area contributed by atoms with Crippen LogP contribution in [0.4, 0.5) is 10.2 Å². The quantitative estimate of drug-likeness (QED) is 0.934. The van der Waals surface area contributed by atoms with E-state index in [1.54, 1.807) is 19.1 Å². The van der Waals surface area contributed by atoms with Crippen molar-refractivity contribution in [1.29, 1.82) is 0 Å². The molecule has 0 spiro atoms. The number of nitrogens with one attached hydrogen (secondary N) is 1. The Bertz CT molecular complexity index is 736. The van der Waals surface area contributed by atoms with Crippen molar-refractivity contribution in [1.82, 2.24) is 14.9 Å². The van der Waals surface area contributed by atoms with Gasteiger partial charge in [-0.15, -0.1) is 0 Å². The molecule has 1 aromatic heterocycles. The van der Waals surface area contributed by atoms with Crippen LogP contribution in [0, 0.1) is 5.82 Å². The molecule has 2 amide bonds. The number of carbonyl (C=O) groups is 2. The van der Waals surface area contributed by atoms with Gasteiger partial charge in [-0.25, -0.2) is 9.37 Å². The van der Waals surface area contributed by atoms with E-state index in [9.17, 15) is 14.0 Å². The third kappa shape index (κ3) is 2.41. The van der Waals surface area contributed by atoms with Gasteiger partial charge >= 0.3 is 0 Å². The van der Waals surface area contributed by atoms with E-state index in [-0.39, 0.29) is 12.1 Å². The van der Waals surface area contributed by atoms with Crippen LogP contribution in [0.25, 0.3) is 0 Å². The summed E-state index contributed by atoms with van der Waals surface area (Å²) in [5.41, 5.74) is 0.630. The van der Waals surface area contributed by atoms with Crippen LogP contribution in [0.2, 0.25) is 0 Å². The number of hydrogen-bond acceptors (Lipinski definition) is 4. The van der Waals surface area contributed by atoms with Gasteiger partial charge in [-0.3, -0.25) is 14.6 Å². The van der Waals surface area contributed by atoms with Crippen molar-refractivity contribution < 1.29 is 14.0 Å². The van der Waals surface area contributed by atoms with Crippen molar-refractivity contribution in [2.75, 3.05) is 5.32 Å². The minimum atomic E-state index is -0.749. The summed E-state index contributed by atoms with van der Waals surface area (Å²) in [6.07, 6.45) is 4.35. The average Bonchev–Trinajstić information content (AvgIpc) is 2.86. The Kier molecular flexibility index (Phi) is 3.54. The molecule has 7 heteroatoms. The molecule has 0 saturated carbocycles. The maximum absolute atomic E-state index is 13.8. The number of carbonyl (C=O) groups excluding carboxylic acids is 2. The molecule has 0 aliphatic carbocycles. The van der Waals surface area contributed by atoms with Gasteiger partial charge in [0.2, 0.25) is 5.91 Å². The van der Waals surface area contributed by atoms with Gasteiger partial charge in [0, 0.05) is 18.9 Å². The lowest BCUT2D eigenvalue weighted by Crippen LogP contribution is -2.42. The normalized spacial score (nSPS) is 14.6. The van der Waals surface area contributed by atoms with E-state index in [2.05, 4.69) is 15.3 Å². The van der Waals surface area contributed by atoms with Gasteiger partial charge in [0.15, 0.2) is 5.82 Å². The van der Waals surface area contributed by atoms with Crippen LogP contribution >= 0.6 is 0 Å². The van der Waals surface area contributed by atoms with Gasteiger partial charge in [-0.2, -0.15) is 0 Å². The number of benzene rings is 1. The molecular weight excluding hydrogens is 287 g/mol. The zero-order chi connectivity index (χ0) is 15.7.